The maximum Gasteiger partial charge on any atom is 0.344 e. The van der Waals surface area contributed by atoms with Gasteiger partial charge in [0.1, 0.15) is 5.75 Å². The Morgan fingerprint density at radius 2 is 1.66 bits per heavy atom. The third-order valence-corrected chi connectivity index (χ3v) is 6.64. The monoisotopic (exact) mass is 573 g/mol. The summed E-state index contributed by atoms with van der Waals surface area (Å²) in [4.78, 5) is 59.5. The summed E-state index contributed by atoms with van der Waals surface area (Å²) in [6.45, 7) is -0.0506. The van der Waals surface area contributed by atoms with Crippen molar-refractivity contribution in [3.63, 3.8) is 0 Å². The second-order valence-corrected chi connectivity index (χ2v) is 9.55. The molecule has 0 aromatic heterocycles. The molecule has 14 heteroatoms. The molecule has 1 saturated heterocycles. The molecule has 0 unspecified atom stereocenters. The molecule has 0 atom stereocenters. The third kappa shape index (κ3) is 5.99. The Kier molecular flexibility index (Phi) is 7.76. The summed E-state index contributed by atoms with van der Waals surface area (Å²) in [5.41, 5.74) is -0.727. The Labute approximate surface area is 227 Å². The number of carbonyl (C=O) groups excluding carboxylic acids is 3. The standard InChI is InChI=1S/C24H13Cl2N3O8S/c25-16-5-4-14(20(26)10-16)12-27-22(30)21(38-24(27)32)7-13-2-1-3-19(6-13)37-23(31)15-8-17(28(33)34)11-18(9-15)29(35)36/h1-11H,12H2/b21-7-. The number of rotatable bonds is 7. The Morgan fingerprint density at radius 3 is 2.29 bits per heavy atom. The number of imide groups is 1. The van der Waals surface area contributed by atoms with Crippen molar-refractivity contribution in [3.05, 3.63) is 113 Å². The molecule has 192 valence electrons. The van der Waals surface area contributed by atoms with Gasteiger partial charge in [-0.1, -0.05) is 41.4 Å². The maximum atomic E-state index is 12.9. The quantitative estimate of drug-likeness (QED) is 0.105. The molecule has 0 aliphatic carbocycles. The van der Waals surface area contributed by atoms with Crippen LogP contribution in [0.1, 0.15) is 21.5 Å². The highest BCUT2D eigenvalue weighted by Gasteiger charge is 2.35. The van der Waals surface area contributed by atoms with Gasteiger partial charge in [-0.15, -0.1) is 0 Å². The zero-order valence-corrected chi connectivity index (χ0v) is 21.2. The van der Waals surface area contributed by atoms with E-state index in [2.05, 4.69) is 0 Å². The van der Waals surface area contributed by atoms with Crippen molar-refractivity contribution < 1.29 is 29.0 Å². The molecule has 4 rings (SSSR count). The number of non-ortho nitro benzene ring substituents is 2. The number of nitrogens with zero attached hydrogens (tertiary/aromatic N) is 3. The summed E-state index contributed by atoms with van der Waals surface area (Å²) in [5, 5.41) is 22.4. The number of halogens is 2. The molecule has 1 aliphatic rings. The Morgan fingerprint density at radius 1 is 0.974 bits per heavy atom. The third-order valence-electron chi connectivity index (χ3n) is 5.14. The first-order valence-corrected chi connectivity index (χ1v) is 12.0. The van der Waals surface area contributed by atoms with E-state index in [-0.39, 0.29) is 17.2 Å². The lowest BCUT2D eigenvalue weighted by Gasteiger charge is -2.13. The van der Waals surface area contributed by atoms with Crippen molar-refractivity contribution in [2.45, 2.75) is 6.54 Å². The molecule has 2 amide bonds. The summed E-state index contributed by atoms with van der Waals surface area (Å²) in [6.07, 6.45) is 1.43. The van der Waals surface area contributed by atoms with Gasteiger partial charge in [-0.25, -0.2) is 4.79 Å². The highest BCUT2D eigenvalue weighted by atomic mass is 35.5. The number of amides is 2. The lowest BCUT2D eigenvalue weighted by molar-refractivity contribution is -0.394. The fourth-order valence-corrected chi connectivity index (χ4v) is 4.67. The fraction of sp³-hybridized carbons (Fsp3) is 0.0417. The molecule has 3 aromatic carbocycles. The number of hydrogen-bond acceptors (Lipinski definition) is 9. The van der Waals surface area contributed by atoms with Crippen LogP contribution in [0.25, 0.3) is 6.08 Å². The molecule has 38 heavy (non-hydrogen) atoms. The highest BCUT2D eigenvalue weighted by molar-refractivity contribution is 8.18. The van der Waals surface area contributed by atoms with Crippen LogP contribution in [-0.4, -0.2) is 31.9 Å². The van der Waals surface area contributed by atoms with Crippen molar-refractivity contribution >= 4 is 69.5 Å². The number of ether oxygens (including phenoxy) is 1. The van der Waals surface area contributed by atoms with Crippen molar-refractivity contribution in [1.82, 2.24) is 4.90 Å². The van der Waals surface area contributed by atoms with Crippen molar-refractivity contribution in [3.8, 4) is 5.75 Å². The summed E-state index contributed by atoms with van der Waals surface area (Å²) in [5.74, 6) is -1.60. The summed E-state index contributed by atoms with van der Waals surface area (Å²) >= 11 is 12.8. The molecular formula is C24H13Cl2N3O8S. The van der Waals surface area contributed by atoms with Crippen LogP contribution in [0.5, 0.6) is 5.75 Å². The number of hydrogen-bond donors (Lipinski definition) is 0. The lowest BCUT2D eigenvalue weighted by atomic mass is 10.1. The first-order valence-electron chi connectivity index (χ1n) is 10.5. The number of thioether (sulfide) groups is 1. The number of esters is 1. The molecule has 1 fully saturated rings. The second-order valence-electron chi connectivity index (χ2n) is 7.72. The van der Waals surface area contributed by atoms with Crippen LogP contribution < -0.4 is 4.74 Å². The number of carbonyl (C=O) groups is 3. The fourth-order valence-electron chi connectivity index (χ4n) is 3.37. The predicted molar refractivity (Wildman–Crippen MR) is 139 cm³/mol. The maximum absolute atomic E-state index is 12.9. The van der Waals surface area contributed by atoms with E-state index < -0.39 is 43.9 Å². The summed E-state index contributed by atoms with van der Waals surface area (Å²) < 4.78 is 5.24. The largest absolute Gasteiger partial charge is 0.423 e. The Balaban J connectivity index is 1.53. The molecule has 3 aromatic rings. The van der Waals surface area contributed by atoms with E-state index in [0.717, 1.165) is 34.9 Å². The molecule has 0 saturated carbocycles. The van der Waals surface area contributed by atoms with Gasteiger partial charge in [0.25, 0.3) is 22.5 Å². The molecule has 0 N–H and O–H groups in total. The molecule has 1 heterocycles. The molecule has 0 spiro atoms. The molecule has 1 aliphatic heterocycles. The lowest BCUT2D eigenvalue weighted by Crippen LogP contribution is -2.27. The average molecular weight is 574 g/mol. The van der Waals surface area contributed by atoms with Gasteiger partial charge in [0.05, 0.1) is 32.9 Å². The van der Waals surface area contributed by atoms with E-state index in [1.54, 1.807) is 18.2 Å². The highest BCUT2D eigenvalue weighted by Crippen LogP contribution is 2.35. The van der Waals surface area contributed by atoms with E-state index >= 15 is 0 Å². The van der Waals surface area contributed by atoms with Gasteiger partial charge in [-0.3, -0.25) is 34.7 Å². The van der Waals surface area contributed by atoms with E-state index in [1.165, 1.54) is 30.3 Å². The van der Waals surface area contributed by atoms with Crippen molar-refractivity contribution in [2.24, 2.45) is 0 Å². The zero-order chi connectivity index (χ0) is 27.6. The smallest absolute Gasteiger partial charge is 0.344 e. The van der Waals surface area contributed by atoms with Gasteiger partial charge in [0.15, 0.2) is 0 Å². The van der Waals surface area contributed by atoms with Crippen LogP contribution in [0, 0.1) is 20.2 Å². The Hall–Kier alpha value is -4.26. The molecule has 11 nitrogen and oxygen atoms in total. The topological polar surface area (TPSA) is 150 Å². The molecule has 0 bridgehead atoms. The minimum atomic E-state index is -1.06. The van der Waals surface area contributed by atoms with Crippen LogP contribution in [-0.2, 0) is 11.3 Å². The van der Waals surface area contributed by atoms with E-state index in [4.69, 9.17) is 27.9 Å². The van der Waals surface area contributed by atoms with Gasteiger partial charge in [0.2, 0.25) is 0 Å². The second kappa shape index (κ2) is 11.0. The Bertz CT molecular complexity index is 1530. The number of nitro benzene ring substituents is 2. The zero-order valence-electron chi connectivity index (χ0n) is 18.8. The summed E-state index contributed by atoms with van der Waals surface area (Å²) in [7, 11) is 0. The number of benzene rings is 3. The summed E-state index contributed by atoms with van der Waals surface area (Å²) in [6, 6.07) is 13.1. The van der Waals surface area contributed by atoms with Gasteiger partial charge >= 0.3 is 5.97 Å². The van der Waals surface area contributed by atoms with Crippen molar-refractivity contribution in [2.75, 3.05) is 0 Å². The SMILES string of the molecule is O=C(Oc1cccc(/C=C2\SC(=O)N(Cc3ccc(Cl)cc3Cl)C2=O)c1)c1cc([N+](=O)[O-])cc([N+](=O)[O-])c1. The van der Waals surface area contributed by atoms with E-state index in [1.807, 2.05) is 0 Å². The van der Waals surface area contributed by atoms with Crippen molar-refractivity contribution in [1.29, 1.82) is 0 Å². The first-order chi connectivity index (χ1) is 18.0. The van der Waals surface area contributed by atoms with Crippen LogP contribution >= 0.6 is 35.0 Å². The normalized spacial score (nSPS) is 14.2. The minimum Gasteiger partial charge on any atom is -0.423 e. The number of nitro groups is 2. The first kappa shape index (κ1) is 26.8. The van der Waals surface area contributed by atoms with Gasteiger partial charge in [0, 0.05) is 22.2 Å². The van der Waals surface area contributed by atoms with Crippen LogP contribution in [0.15, 0.2) is 65.6 Å². The average Bonchev–Trinajstić information content (AvgIpc) is 3.12. The molecular weight excluding hydrogens is 561 g/mol. The van der Waals surface area contributed by atoms with Gasteiger partial charge < -0.3 is 4.74 Å². The van der Waals surface area contributed by atoms with Gasteiger partial charge in [-0.2, -0.15) is 0 Å². The minimum absolute atomic E-state index is 0.00471. The predicted octanol–water partition coefficient (Wildman–Crippen LogP) is 6.27. The van der Waals surface area contributed by atoms with Crippen LogP contribution in [0.4, 0.5) is 16.2 Å². The molecule has 0 radical (unpaired) electrons. The van der Waals surface area contributed by atoms with E-state index in [9.17, 15) is 34.6 Å². The van der Waals surface area contributed by atoms with Gasteiger partial charge in [-0.05, 0) is 53.2 Å². The van der Waals surface area contributed by atoms with E-state index in [0.29, 0.717) is 21.2 Å². The van der Waals surface area contributed by atoms with Crippen LogP contribution in [0.2, 0.25) is 10.0 Å². The van der Waals surface area contributed by atoms with Crippen LogP contribution in [0.3, 0.4) is 0 Å².